The van der Waals surface area contributed by atoms with Gasteiger partial charge in [-0.3, -0.25) is 4.90 Å². The highest BCUT2D eigenvalue weighted by Gasteiger charge is 2.36. The first-order valence-corrected chi connectivity index (χ1v) is 9.16. The number of rotatable bonds is 4. The van der Waals surface area contributed by atoms with Crippen LogP contribution in [0.25, 0.3) is 0 Å². The number of nitrogens with zero attached hydrogens (tertiary/aromatic N) is 1. The van der Waals surface area contributed by atoms with Crippen molar-refractivity contribution in [1.82, 2.24) is 4.90 Å². The average molecular weight is 324 g/mol. The molecule has 1 aromatic rings. The summed E-state index contributed by atoms with van der Waals surface area (Å²) >= 11 is -1.92. The molecule has 0 amide bonds. The zero-order chi connectivity index (χ0) is 15.7. The number of benzene rings is 1. The van der Waals surface area contributed by atoms with Crippen LogP contribution >= 0.6 is 0 Å². The highest BCUT2D eigenvalue weighted by molar-refractivity contribution is 7.78. The molecule has 3 N–H and O–H groups in total. The number of fused-ring (bicyclic) bond motifs is 2. The Hall–Kier alpha value is -1.11. The molecular formula is C16H24N2O3S. The molecule has 1 aromatic carbocycles. The summed E-state index contributed by atoms with van der Waals surface area (Å²) < 4.78 is 16.4. The van der Waals surface area contributed by atoms with Crippen LogP contribution in [0, 0.1) is 5.92 Å². The summed E-state index contributed by atoms with van der Waals surface area (Å²) in [6.45, 7) is 4.55. The number of nitrogens with two attached hydrogens (primary N) is 1. The number of likely N-dealkylation sites (tertiary alicyclic amines) is 1. The fraction of sp³-hybridized carbons (Fsp3) is 0.625. The molecule has 122 valence electrons. The lowest BCUT2D eigenvalue weighted by atomic mass is 9.75. The maximum Gasteiger partial charge on any atom is 0.285 e. The van der Waals surface area contributed by atoms with Crippen LogP contribution < -0.4 is 9.32 Å². The summed E-state index contributed by atoms with van der Waals surface area (Å²) in [6.07, 6.45) is 5.42. The van der Waals surface area contributed by atoms with Crippen molar-refractivity contribution in [3.63, 3.8) is 0 Å². The summed E-state index contributed by atoms with van der Waals surface area (Å²) in [7, 11) is 0. The van der Waals surface area contributed by atoms with Crippen molar-refractivity contribution in [1.29, 1.82) is 0 Å². The van der Waals surface area contributed by atoms with Gasteiger partial charge in [0.05, 0.1) is 0 Å². The molecule has 2 aliphatic rings. The molecule has 1 heterocycles. The van der Waals surface area contributed by atoms with E-state index in [1.165, 1.54) is 31.4 Å². The van der Waals surface area contributed by atoms with Crippen LogP contribution in [0.2, 0.25) is 0 Å². The molecule has 6 heteroatoms. The van der Waals surface area contributed by atoms with Crippen LogP contribution in [0.3, 0.4) is 0 Å². The molecule has 0 spiro atoms. The maximum atomic E-state index is 11.2. The molecular weight excluding hydrogens is 300 g/mol. The van der Waals surface area contributed by atoms with E-state index in [2.05, 4.69) is 11.8 Å². The van der Waals surface area contributed by atoms with Gasteiger partial charge in [0.2, 0.25) is 0 Å². The van der Waals surface area contributed by atoms with Crippen LogP contribution in [0.5, 0.6) is 11.5 Å². The highest BCUT2D eigenvalue weighted by atomic mass is 32.2. The van der Waals surface area contributed by atoms with Gasteiger partial charge >= 0.3 is 0 Å². The van der Waals surface area contributed by atoms with Crippen LogP contribution in [0.15, 0.2) is 12.1 Å². The summed E-state index contributed by atoms with van der Waals surface area (Å²) in [5.74, 6) is 0.907. The molecule has 0 aromatic heterocycles. The molecule has 0 saturated carbocycles. The van der Waals surface area contributed by atoms with Gasteiger partial charge < -0.3 is 9.29 Å². The van der Waals surface area contributed by atoms with E-state index in [9.17, 15) is 9.32 Å². The summed E-state index contributed by atoms with van der Waals surface area (Å²) in [5.41, 5.74) is 2.17. The molecule has 0 radical (unpaired) electrons. The Morgan fingerprint density at radius 2 is 2.27 bits per heavy atom. The van der Waals surface area contributed by atoms with Gasteiger partial charge in [0.15, 0.2) is 11.5 Å². The summed E-state index contributed by atoms with van der Waals surface area (Å²) in [4.78, 5) is 2.60. The summed E-state index contributed by atoms with van der Waals surface area (Å²) in [5, 5.41) is 15.3. The second-order valence-electron chi connectivity index (χ2n) is 6.31. The molecule has 22 heavy (non-hydrogen) atoms. The number of phenolic OH excluding ortho intramolecular Hbond substituents is 1. The Labute approximate surface area is 134 Å². The predicted molar refractivity (Wildman–Crippen MR) is 86.8 cm³/mol. The minimum atomic E-state index is -1.92. The van der Waals surface area contributed by atoms with E-state index in [1.807, 2.05) is 6.07 Å². The van der Waals surface area contributed by atoms with Gasteiger partial charge in [-0.1, -0.05) is 13.0 Å². The molecule has 0 bridgehead atoms. The van der Waals surface area contributed by atoms with Crippen molar-refractivity contribution in [2.75, 3.05) is 13.1 Å². The lowest BCUT2D eigenvalue weighted by molar-refractivity contribution is 0.0851. The standard InChI is InChI=1S/C16H24N2O3S/c1-2-7-18-8-3-4-12-9-13-11(10-14(12)18)5-6-15(19)16(13)21-22(17)20/h5-6,12,14,19H,2-4,7-10,17H2,1H3. The SMILES string of the molecule is CCCN1CCCC2Cc3c(ccc(O)c3OS(N)=O)CC21. The number of aromatic hydroxyl groups is 1. The third kappa shape index (κ3) is 3.00. The summed E-state index contributed by atoms with van der Waals surface area (Å²) in [6, 6.07) is 4.15. The van der Waals surface area contributed by atoms with Crippen molar-refractivity contribution < 1.29 is 13.5 Å². The lowest BCUT2D eigenvalue weighted by Gasteiger charge is -2.44. The van der Waals surface area contributed by atoms with Gasteiger partial charge in [-0.15, -0.1) is 0 Å². The molecule has 1 aliphatic heterocycles. The van der Waals surface area contributed by atoms with Crippen LogP contribution in [-0.4, -0.2) is 33.3 Å². The van der Waals surface area contributed by atoms with E-state index in [-0.39, 0.29) is 5.75 Å². The van der Waals surface area contributed by atoms with Crippen LogP contribution in [0.1, 0.15) is 37.3 Å². The third-order valence-electron chi connectivity index (χ3n) is 4.94. The largest absolute Gasteiger partial charge is 0.504 e. The zero-order valence-corrected chi connectivity index (χ0v) is 13.8. The molecule has 1 saturated heterocycles. The maximum absolute atomic E-state index is 11.2. The number of hydrogen-bond acceptors (Lipinski definition) is 4. The Kier molecular flexibility index (Phi) is 4.70. The molecule has 1 aliphatic carbocycles. The van der Waals surface area contributed by atoms with E-state index >= 15 is 0 Å². The van der Waals surface area contributed by atoms with Gasteiger partial charge in [0.1, 0.15) is 0 Å². The van der Waals surface area contributed by atoms with E-state index < -0.39 is 11.3 Å². The van der Waals surface area contributed by atoms with Crippen molar-refractivity contribution in [2.24, 2.45) is 11.1 Å². The zero-order valence-electron chi connectivity index (χ0n) is 13.0. The van der Waals surface area contributed by atoms with Crippen molar-refractivity contribution in [2.45, 2.75) is 45.1 Å². The average Bonchev–Trinajstić information content (AvgIpc) is 2.49. The fourth-order valence-electron chi connectivity index (χ4n) is 4.05. The Morgan fingerprint density at radius 1 is 1.45 bits per heavy atom. The molecule has 1 fully saturated rings. The Morgan fingerprint density at radius 3 is 3.00 bits per heavy atom. The number of hydrogen-bond donors (Lipinski definition) is 2. The normalized spacial score (nSPS) is 26.1. The van der Waals surface area contributed by atoms with Gasteiger partial charge in [-0.05, 0) is 62.7 Å². The quantitative estimate of drug-likeness (QED) is 0.887. The monoisotopic (exact) mass is 324 g/mol. The molecule has 3 unspecified atom stereocenters. The molecule has 3 rings (SSSR count). The van der Waals surface area contributed by atoms with Crippen LogP contribution in [0.4, 0.5) is 0 Å². The first kappa shape index (κ1) is 15.8. The second-order valence-corrected chi connectivity index (χ2v) is 7.00. The van der Waals surface area contributed by atoms with Crippen molar-refractivity contribution >= 4 is 11.3 Å². The van der Waals surface area contributed by atoms with Gasteiger partial charge in [0, 0.05) is 11.6 Å². The Bertz CT molecular complexity index is 577. The van der Waals surface area contributed by atoms with Gasteiger partial charge in [-0.2, -0.15) is 4.21 Å². The Balaban J connectivity index is 1.92. The van der Waals surface area contributed by atoms with Gasteiger partial charge in [-0.25, -0.2) is 5.14 Å². The molecule has 5 nitrogen and oxygen atoms in total. The first-order chi connectivity index (χ1) is 10.6. The number of phenols is 1. The lowest BCUT2D eigenvalue weighted by Crippen LogP contribution is -2.49. The van der Waals surface area contributed by atoms with Crippen molar-refractivity contribution in [3.8, 4) is 11.5 Å². The van der Waals surface area contributed by atoms with E-state index in [4.69, 9.17) is 9.32 Å². The van der Waals surface area contributed by atoms with Gasteiger partial charge in [0.25, 0.3) is 11.3 Å². The molecule has 3 atom stereocenters. The second kappa shape index (κ2) is 6.56. The first-order valence-electron chi connectivity index (χ1n) is 8.02. The predicted octanol–water partition coefficient (Wildman–Crippen LogP) is 1.90. The highest BCUT2D eigenvalue weighted by Crippen LogP contribution is 2.42. The van der Waals surface area contributed by atoms with E-state index in [0.29, 0.717) is 17.7 Å². The minimum absolute atomic E-state index is 0.0252. The van der Waals surface area contributed by atoms with Crippen LogP contribution in [-0.2, 0) is 24.1 Å². The third-order valence-corrected chi connectivity index (χ3v) is 5.27. The number of piperidine rings is 1. The fourth-order valence-corrected chi connectivity index (χ4v) is 4.40. The minimum Gasteiger partial charge on any atom is -0.504 e. The van der Waals surface area contributed by atoms with E-state index in [1.54, 1.807) is 6.07 Å². The topological polar surface area (TPSA) is 75.8 Å². The van der Waals surface area contributed by atoms with Crippen molar-refractivity contribution in [3.05, 3.63) is 23.3 Å². The van der Waals surface area contributed by atoms with E-state index in [0.717, 1.165) is 24.9 Å². The smallest absolute Gasteiger partial charge is 0.285 e.